The van der Waals surface area contributed by atoms with Gasteiger partial charge in [-0.3, -0.25) is 0 Å². The van der Waals surface area contributed by atoms with E-state index < -0.39 is 0 Å². The van der Waals surface area contributed by atoms with Crippen molar-refractivity contribution in [1.82, 2.24) is 0 Å². The average molecular weight is 392 g/mol. The molecule has 0 saturated heterocycles. The Kier molecular flexibility index (Phi) is 11.9. The Labute approximate surface area is 174 Å². The van der Waals surface area contributed by atoms with E-state index in [0.717, 1.165) is 83.5 Å². The number of anilines is 3. The van der Waals surface area contributed by atoms with Crippen molar-refractivity contribution in [3.8, 4) is 5.75 Å². The Balaban J connectivity index is 3.67. The third-order valence-electron chi connectivity index (χ3n) is 5.04. The lowest BCUT2D eigenvalue weighted by Gasteiger charge is -2.37. The molecule has 0 radical (unpaired) electrons. The summed E-state index contributed by atoms with van der Waals surface area (Å²) in [5, 5.41) is 11.0. The Bertz CT molecular complexity index is 529. The Morgan fingerprint density at radius 2 is 0.893 bits per heavy atom. The van der Waals surface area contributed by atoms with Gasteiger partial charge in [0, 0.05) is 39.3 Å². The van der Waals surface area contributed by atoms with Crippen LogP contribution in [0.3, 0.4) is 0 Å². The summed E-state index contributed by atoms with van der Waals surface area (Å²) in [4.78, 5) is 7.44. The van der Waals surface area contributed by atoms with Crippen LogP contribution in [0.5, 0.6) is 5.75 Å². The fourth-order valence-electron chi connectivity index (χ4n) is 4.08. The monoisotopic (exact) mass is 391 g/mol. The van der Waals surface area contributed by atoms with E-state index in [-0.39, 0.29) is 0 Å². The Morgan fingerprint density at radius 1 is 0.536 bits per heavy atom. The van der Waals surface area contributed by atoms with Crippen molar-refractivity contribution in [2.45, 2.75) is 80.1 Å². The first-order valence-corrected chi connectivity index (χ1v) is 11.7. The standard InChI is InChI=1S/C24H45N3O/c1-7-15-25(16-8-2)21-13-14-22(28)24(27(19-11-5)20-12-6)23(21)26(17-9-3)18-10-4/h13-14,28H,7-12,15-20H2,1-6H3. The lowest BCUT2D eigenvalue weighted by Crippen LogP contribution is -2.34. The number of aromatic hydroxyl groups is 1. The number of hydrogen-bond donors (Lipinski definition) is 1. The van der Waals surface area contributed by atoms with Crippen LogP contribution < -0.4 is 14.7 Å². The molecule has 0 saturated carbocycles. The summed E-state index contributed by atoms with van der Waals surface area (Å²) >= 11 is 0. The minimum absolute atomic E-state index is 0.422. The van der Waals surface area contributed by atoms with Crippen molar-refractivity contribution < 1.29 is 5.11 Å². The maximum absolute atomic E-state index is 11.0. The lowest BCUT2D eigenvalue weighted by atomic mass is 10.1. The highest BCUT2D eigenvalue weighted by atomic mass is 16.3. The molecule has 4 heteroatoms. The van der Waals surface area contributed by atoms with Gasteiger partial charge in [-0.2, -0.15) is 0 Å². The van der Waals surface area contributed by atoms with Gasteiger partial charge in [0.1, 0.15) is 11.4 Å². The molecule has 0 amide bonds. The zero-order valence-electron chi connectivity index (χ0n) is 19.4. The average Bonchev–Trinajstić information content (AvgIpc) is 2.67. The predicted octanol–water partition coefficient (Wildman–Crippen LogP) is 6.27. The van der Waals surface area contributed by atoms with Gasteiger partial charge in [0.2, 0.25) is 0 Å². The summed E-state index contributed by atoms with van der Waals surface area (Å²) in [6.07, 6.45) is 6.64. The summed E-state index contributed by atoms with van der Waals surface area (Å²) < 4.78 is 0. The molecule has 1 aromatic rings. The second-order valence-corrected chi connectivity index (χ2v) is 7.76. The molecule has 0 aliphatic carbocycles. The van der Waals surface area contributed by atoms with Gasteiger partial charge < -0.3 is 19.8 Å². The predicted molar refractivity (Wildman–Crippen MR) is 126 cm³/mol. The first kappa shape index (κ1) is 24.5. The van der Waals surface area contributed by atoms with Crippen LogP contribution in [0.25, 0.3) is 0 Å². The molecule has 0 unspecified atom stereocenters. The van der Waals surface area contributed by atoms with Gasteiger partial charge in [-0.05, 0) is 50.7 Å². The van der Waals surface area contributed by atoms with E-state index in [1.54, 1.807) is 0 Å². The fraction of sp³-hybridized carbons (Fsp3) is 0.750. The minimum atomic E-state index is 0.422. The van der Waals surface area contributed by atoms with Crippen LogP contribution in [-0.4, -0.2) is 44.4 Å². The number of phenolic OH excluding ortho intramolecular Hbond substituents is 1. The Hall–Kier alpha value is -1.58. The topological polar surface area (TPSA) is 30.0 Å². The van der Waals surface area contributed by atoms with Crippen molar-refractivity contribution in [2.75, 3.05) is 54.0 Å². The van der Waals surface area contributed by atoms with E-state index in [1.807, 2.05) is 6.07 Å². The van der Waals surface area contributed by atoms with Gasteiger partial charge in [0.25, 0.3) is 0 Å². The molecule has 1 aromatic carbocycles. The summed E-state index contributed by atoms with van der Waals surface area (Å²) in [6.45, 7) is 19.5. The highest BCUT2D eigenvalue weighted by Gasteiger charge is 2.25. The van der Waals surface area contributed by atoms with Crippen molar-refractivity contribution in [1.29, 1.82) is 0 Å². The Morgan fingerprint density at radius 3 is 1.29 bits per heavy atom. The second-order valence-electron chi connectivity index (χ2n) is 7.76. The number of benzene rings is 1. The van der Waals surface area contributed by atoms with Gasteiger partial charge >= 0.3 is 0 Å². The molecule has 1 N–H and O–H groups in total. The van der Waals surface area contributed by atoms with E-state index in [4.69, 9.17) is 0 Å². The van der Waals surface area contributed by atoms with Crippen LogP contribution >= 0.6 is 0 Å². The van der Waals surface area contributed by atoms with Gasteiger partial charge in [-0.15, -0.1) is 0 Å². The first-order valence-electron chi connectivity index (χ1n) is 11.7. The second kappa shape index (κ2) is 13.6. The van der Waals surface area contributed by atoms with E-state index in [0.29, 0.717) is 5.75 Å². The molecule has 0 fully saturated rings. The highest BCUT2D eigenvalue weighted by molar-refractivity contribution is 5.89. The summed E-state index contributed by atoms with van der Waals surface area (Å²) in [5.74, 6) is 0.422. The molecule has 0 heterocycles. The largest absolute Gasteiger partial charge is 0.506 e. The zero-order chi connectivity index (χ0) is 20.9. The SMILES string of the molecule is CCCN(CCC)c1ccc(O)c(N(CCC)CCC)c1N(CCC)CCC. The summed E-state index contributed by atoms with van der Waals surface area (Å²) in [5.41, 5.74) is 3.57. The molecule has 4 nitrogen and oxygen atoms in total. The first-order chi connectivity index (χ1) is 13.6. The third kappa shape index (κ3) is 6.49. The number of phenols is 1. The molecule has 0 aliphatic rings. The number of rotatable bonds is 15. The molecule has 0 atom stereocenters. The molecule has 1 rings (SSSR count). The molecule has 0 aromatic heterocycles. The molecule has 28 heavy (non-hydrogen) atoms. The zero-order valence-corrected chi connectivity index (χ0v) is 19.4. The maximum Gasteiger partial charge on any atom is 0.141 e. The molecule has 0 spiro atoms. The van der Waals surface area contributed by atoms with E-state index in [1.165, 1.54) is 11.4 Å². The molecular formula is C24H45N3O. The van der Waals surface area contributed by atoms with Crippen LogP contribution in [0.2, 0.25) is 0 Å². The summed E-state index contributed by atoms with van der Waals surface area (Å²) in [6, 6.07) is 4.06. The van der Waals surface area contributed by atoms with Gasteiger partial charge in [0.15, 0.2) is 0 Å². The molecular weight excluding hydrogens is 346 g/mol. The van der Waals surface area contributed by atoms with Crippen molar-refractivity contribution in [2.24, 2.45) is 0 Å². The quantitative estimate of drug-likeness (QED) is 0.381. The van der Waals surface area contributed by atoms with Gasteiger partial charge in [-0.25, -0.2) is 0 Å². The van der Waals surface area contributed by atoms with E-state index >= 15 is 0 Å². The number of nitrogens with zero attached hydrogens (tertiary/aromatic N) is 3. The fourth-order valence-corrected chi connectivity index (χ4v) is 4.08. The van der Waals surface area contributed by atoms with Crippen LogP contribution in [-0.2, 0) is 0 Å². The van der Waals surface area contributed by atoms with Gasteiger partial charge in [0.05, 0.1) is 11.4 Å². The van der Waals surface area contributed by atoms with Crippen molar-refractivity contribution in [3.63, 3.8) is 0 Å². The van der Waals surface area contributed by atoms with Gasteiger partial charge in [-0.1, -0.05) is 41.5 Å². The van der Waals surface area contributed by atoms with Crippen LogP contribution in [0, 0.1) is 0 Å². The van der Waals surface area contributed by atoms with Crippen molar-refractivity contribution in [3.05, 3.63) is 12.1 Å². The van der Waals surface area contributed by atoms with Crippen LogP contribution in [0.15, 0.2) is 12.1 Å². The molecule has 162 valence electrons. The smallest absolute Gasteiger partial charge is 0.141 e. The third-order valence-corrected chi connectivity index (χ3v) is 5.04. The van der Waals surface area contributed by atoms with Crippen LogP contribution in [0.1, 0.15) is 80.1 Å². The van der Waals surface area contributed by atoms with E-state index in [9.17, 15) is 5.11 Å². The minimum Gasteiger partial charge on any atom is -0.506 e. The van der Waals surface area contributed by atoms with E-state index in [2.05, 4.69) is 62.3 Å². The molecule has 0 aliphatic heterocycles. The number of hydrogen-bond acceptors (Lipinski definition) is 4. The highest BCUT2D eigenvalue weighted by Crippen LogP contribution is 2.45. The van der Waals surface area contributed by atoms with Crippen LogP contribution in [0.4, 0.5) is 17.1 Å². The normalized spacial score (nSPS) is 10.9. The molecule has 0 bridgehead atoms. The summed E-state index contributed by atoms with van der Waals surface area (Å²) in [7, 11) is 0. The van der Waals surface area contributed by atoms with Crippen molar-refractivity contribution >= 4 is 17.1 Å². The lowest BCUT2D eigenvalue weighted by molar-refractivity contribution is 0.473. The maximum atomic E-state index is 11.0.